The van der Waals surface area contributed by atoms with Crippen LogP contribution in [0.3, 0.4) is 0 Å². The Morgan fingerprint density at radius 2 is 1.71 bits per heavy atom. The van der Waals surface area contributed by atoms with Crippen LogP contribution in [0.5, 0.6) is 0 Å². The molecule has 1 radical (unpaired) electrons. The zero-order valence-corrected chi connectivity index (χ0v) is 7.46. The largest absolute Gasteiger partial charge is 0.484 e. The minimum atomic E-state index is 0. The number of hydrogen-bond acceptors (Lipinski definition) is 2. The van der Waals surface area contributed by atoms with Crippen LogP contribution < -0.4 is 11.5 Å². The molecule has 45 valence electrons. The summed E-state index contributed by atoms with van der Waals surface area (Å²) >= 11 is 0. The average Bonchev–Trinajstić information content (AvgIpc) is 1.39. The van der Waals surface area contributed by atoms with Crippen molar-refractivity contribution < 1.29 is 40.4 Å². The van der Waals surface area contributed by atoms with Gasteiger partial charge in [-0.15, -0.1) is 6.54 Å². The maximum Gasteiger partial charge on any atom is 0 e. The summed E-state index contributed by atoms with van der Waals surface area (Å²) < 4.78 is 0. The van der Waals surface area contributed by atoms with Crippen LogP contribution >= 0.6 is 0 Å². The summed E-state index contributed by atoms with van der Waals surface area (Å²) in [6.07, 6.45) is 0. The van der Waals surface area contributed by atoms with Crippen molar-refractivity contribution in [2.24, 2.45) is 11.5 Å². The molecule has 0 rings (SSSR count). The molecule has 4 N–H and O–H groups in total. The molecule has 0 aromatic carbocycles. The van der Waals surface area contributed by atoms with Gasteiger partial charge in [-0.1, -0.05) is 0 Å². The SMILES string of the molecule is C[CH-]N.[CH2-]CN.[Pm]. The summed E-state index contributed by atoms with van der Waals surface area (Å²) in [4.78, 5) is 0. The van der Waals surface area contributed by atoms with Crippen molar-refractivity contribution >= 4 is 0 Å². The maximum atomic E-state index is 4.74. The van der Waals surface area contributed by atoms with Crippen LogP contribution in [0.15, 0.2) is 0 Å². The molecule has 0 aliphatic carbocycles. The van der Waals surface area contributed by atoms with E-state index in [9.17, 15) is 0 Å². The van der Waals surface area contributed by atoms with Gasteiger partial charge in [0, 0.05) is 40.4 Å². The van der Waals surface area contributed by atoms with Crippen molar-refractivity contribution in [2.45, 2.75) is 6.92 Å². The normalized spacial score (nSPS) is 5.14. The number of rotatable bonds is 0. The topological polar surface area (TPSA) is 52.0 Å². The van der Waals surface area contributed by atoms with Gasteiger partial charge in [-0.25, -0.2) is 0 Å². The fourth-order valence-electron chi connectivity index (χ4n) is 0. The second kappa shape index (κ2) is 26.8. The van der Waals surface area contributed by atoms with Gasteiger partial charge < -0.3 is 18.4 Å². The molecule has 2 nitrogen and oxygen atoms in total. The molecule has 0 aromatic rings. The molecular weight excluding hydrogens is 221 g/mol. The molecule has 0 amide bonds. The van der Waals surface area contributed by atoms with Crippen molar-refractivity contribution in [2.75, 3.05) is 6.54 Å². The minimum absolute atomic E-state index is 0. The van der Waals surface area contributed by atoms with Crippen LogP contribution in [0, 0.1) is 53.9 Å². The number of hydrogen-bond donors (Lipinski definition) is 2. The number of nitrogens with two attached hydrogens (primary N) is 2. The summed E-state index contributed by atoms with van der Waals surface area (Å²) in [6.45, 7) is 7.04. The average molecular weight is 233 g/mol. The van der Waals surface area contributed by atoms with E-state index in [4.69, 9.17) is 11.5 Å². The van der Waals surface area contributed by atoms with Crippen LogP contribution in [-0.2, 0) is 0 Å². The third kappa shape index (κ3) is 127. The summed E-state index contributed by atoms with van der Waals surface area (Å²) in [5.74, 6) is 0. The Hall–Kier alpha value is 1.26. The van der Waals surface area contributed by atoms with Gasteiger partial charge in [-0.3, -0.25) is 6.54 Å². The monoisotopic (exact) mass is 233 g/mol. The quantitative estimate of drug-likeness (QED) is 0.574. The van der Waals surface area contributed by atoms with E-state index < -0.39 is 0 Å². The molecule has 0 aromatic heterocycles. The first-order valence-electron chi connectivity index (χ1n) is 1.82. The fourth-order valence-corrected chi connectivity index (χ4v) is 0. The Bertz CT molecular complexity index is 11.7. The first-order chi connectivity index (χ1) is 2.83. The van der Waals surface area contributed by atoms with Gasteiger partial charge in [0.05, 0.1) is 0 Å². The predicted molar refractivity (Wildman–Crippen MR) is 28.6 cm³/mol. The van der Waals surface area contributed by atoms with E-state index in [1.54, 1.807) is 6.92 Å². The first kappa shape index (κ1) is 15.7. The Labute approximate surface area is 78.1 Å². The van der Waals surface area contributed by atoms with E-state index >= 15 is 0 Å². The molecule has 0 heterocycles. The van der Waals surface area contributed by atoms with Gasteiger partial charge in [0.15, 0.2) is 0 Å². The van der Waals surface area contributed by atoms with Gasteiger partial charge in [-0.2, -0.15) is 6.92 Å². The van der Waals surface area contributed by atoms with E-state index in [1.165, 1.54) is 6.54 Å². The van der Waals surface area contributed by atoms with Gasteiger partial charge in [0.2, 0.25) is 0 Å². The summed E-state index contributed by atoms with van der Waals surface area (Å²) in [5, 5.41) is 0. The summed E-state index contributed by atoms with van der Waals surface area (Å²) in [5.41, 5.74) is 9.46. The molecule has 0 aliphatic rings. The van der Waals surface area contributed by atoms with E-state index in [0.717, 1.165) is 0 Å². The van der Waals surface area contributed by atoms with Crippen LogP contribution in [0.1, 0.15) is 6.92 Å². The molecule has 7 heavy (non-hydrogen) atoms. The molecule has 0 fully saturated rings. The molecule has 0 saturated carbocycles. The van der Waals surface area contributed by atoms with Crippen LogP contribution in [-0.4, -0.2) is 6.54 Å². The van der Waals surface area contributed by atoms with Gasteiger partial charge in [-0.05, 0) is 0 Å². The molecule has 3 heteroatoms. The fraction of sp³-hybridized carbons (Fsp3) is 0.500. The Morgan fingerprint density at radius 3 is 1.71 bits per heavy atom. The molecule has 0 aliphatic heterocycles. The van der Waals surface area contributed by atoms with Crippen LogP contribution in [0.25, 0.3) is 0 Å². The van der Waals surface area contributed by atoms with E-state index in [0.29, 0.717) is 6.54 Å². The van der Waals surface area contributed by atoms with Crippen molar-refractivity contribution in [3.05, 3.63) is 13.5 Å². The van der Waals surface area contributed by atoms with Crippen molar-refractivity contribution in [3.63, 3.8) is 0 Å². The zero-order valence-electron chi connectivity index (χ0n) is 4.59. The standard InChI is InChI=1S/2C2H6N.Pm/c2*1-2-3;/h2H,3H2,1H3;1-3H2;/q2*-1;. The first-order valence-corrected chi connectivity index (χ1v) is 1.82. The smallest absolute Gasteiger partial charge is 0 e. The van der Waals surface area contributed by atoms with Gasteiger partial charge >= 0.3 is 0 Å². The van der Waals surface area contributed by atoms with Crippen LogP contribution in [0.4, 0.5) is 0 Å². The van der Waals surface area contributed by atoms with Gasteiger partial charge in [0.25, 0.3) is 0 Å². The van der Waals surface area contributed by atoms with Crippen molar-refractivity contribution in [1.29, 1.82) is 0 Å². The second-order valence-corrected chi connectivity index (χ2v) is 0.622. The van der Waals surface area contributed by atoms with E-state index in [-0.39, 0.29) is 40.4 Å². The Morgan fingerprint density at radius 1 is 1.71 bits per heavy atom. The molecule has 0 bridgehead atoms. The molecule has 0 unspecified atom stereocenters. The van der Waals surface area contributed by atoms with Crippen molar-refractivity contribution in [3.8, 4) is 0 Å². The molecule has 0 spiro atoms. The third-order valence-electron chi connectivity index (χ3n) is 0. The van der Waals surface area contributed by atoms with Gasteiger partial charge in [0.1, 0.15) is 0 Å². The minimum Gasteiger partial charge on any atom is -0.484 e. The van der Waals surface area contributed by atoms with E-state index in [2.05, 4.69) is 6.92 Å². The van der Waals surface area contributed by atoms with E-state index in [1.807, 2.05) is 0 Å². The third-order valence-corrected chi connectivity index (χ3v) is 0. The summed E-state index contributed by atoms with van der Waals surface area (Å²) in [6, 6.07) is 0. The summed E-state index contributed by atoms with van der Waals surface area (Å²) in [7, 11) is 0. The Balaban J connectivity index is -0.0000000400. The van der Waals surface area contributed by atoms with Crippen molar-refractivity contribution in [1.82, 2.24) is 0 Å². The molecule has 0 atom stereocenters. The molecule has 0 saturated heterocycles. The molecular formula is C4H12N2Pm-2. The second-order valence-electron chi connectivity index (χ2n) is 0.622. The zero-order chi connectivity index (χ0) is 5.41. The van der Waals surface area contributed by atoms with Crippen LogP contribution in [0.2, 0.25) is 0 Å². The predicted octanol–water partition coefficient (Wildman–Crippen LogP) is -0.0940. The maximum absolute atomic E-state index is 4.74. The Kier molecular flexibility index (Phi) is 60.2.